The Bertz CT molecular complexity index is 653. The number of carbonyl (C=O) groups is 1. The molecule has 0 radical (unpaired) electrons. The molecule has 3 rings (SSSR count). The quantitative estimate of drug-likeness (QED) is 0.915. The van der Waals surface area contributed by atoms with E-state index in [0.717, 1.165) is 29.1 Å². The third kappa shape index (κ3) is 2.13. The summed E-state index contributed by atoms with van der Waals surface area (Å²) in [7, 11) is -3.70. The summed E-state index contributed by atoms with van der Waals surface area (Å²) in [5.74, 6) is -1.06. The fourth-order valence-electron chi connectivity index (χ4n) is 3.12. The molecule has 1 aliphatic heterocycles. The molecule has 1 saturated heterocycles. The first-order chi connectivity index (χ1) is 9.50. The maximum absolute atomic E-state index is 12.6. The second-order valence-electron chi connectivity index (χ2n) is 5.40. The molecule has 1 N–H and O–H groups in total. The van der Waals surface area contributed by atoms with Crippen LogP contribution in [0.3, 0.4) is 0 Å². The standard InChI is InChI=1S/C14H17NO4S/c16-14(17)13-5-2-8-15(13)20(18,19)12-7-6-10-3-1-4-11(10)9-12/h6-7,9,13H,1-5,8H2,(H,16,17)/t13-/m1/s1. The van der Waals surface area contributed by atoms with Crippen molar-refractivity contribution in [2.75, 3.05) is 6.54 Å². The van der Waals surface area contributed by atoms with Crippen molar-refractivity contribution in [1.29, 1.82) is 0 Å². The zero-order chi connectivity index (χ0) is 14.3. The third-order valence-electron chi connectivity index (χ3n) is 4.17. The van der Waals surface area contributed by atoms with Gasteiger partial charge in [-0.2, -0.15) is 4.31 Å². The van der Waals surface area contributed by atoms with Crippen molar-refractivity contribution in [2.24, 2.45) is 0 Å². The number of rotatable bonds is 3. The van der Waals surface area contributed by atoms with Gasteiger partial charge in [-0.1, -0.05) is 6.07 Å². The number of carboxylic acids is 1. The first kappa shape index (κ1) is 13.6. The third-order valence-corrected chi connectivity index (χ3v) is 6.07. The van der Waals surface area contributed by atoms with Crippen molar-refractivity contribution >= 4 is 16.0 Å². The molecule has 0 spiro atoms. The highest BCUT2D eigenvalue weighted by atomic mass is 32.2. The number of hydrogen-bond acceptors (Lipinski definition) is 3. The van der Waals surface area contributed by atoms with Crippen LogP contribution in [-0.4, -0.2) is 36.4 Å². The molecule has 0 aromatic heterocycles. The van der Waals surface area contributed by atoms with Crippen molar-refractivity contribution in [2.45, 2.75) is 43.0 Å². The van der Waals surface area contributed by atoms with Crippen molar-refractivity contribution in [3.8, 4) is 0 Å². The SMILES string of the molecule is O=C(O)[C@H]1CCCN1S(=O)(=O)c1ccc2c(c1)CCC2. The van der Waals surface area contributed by atoms with E-state index in [9.17, 15) is 13.2 Å². The molecule has 0 amide bonds. The van der Waals surface area contributed by atoms with E-state index >= 15 is 0 Å². The minimum Gasteiger partial charge on any atom is -0.480 e. The summed E-state index contributed by atoms with van der Waals surface area (Å²) in [6, 6.07) is 4.26. The lowest BCUT2D eigenvalue weighted by Gasteiger charge is -2.21. The van der Waals surface area contributed by atoms with Crippen LogP contribution in [0.2, 0.25) is 0 Å². The second-order valence-corrected chi connectivity index (χ2v) is 7.29. The molecule has 2 aliphatic rings. The largest absolute Gasteiger partial charge is 0.480 e. The molecule has 1 fully saturated rings. The van der Waals surface area contributed by atoms with Gasteiger partial charge in [0.1, 0.15) is 6.04 Å². The maximum Gasteiger partial charge on any atom is 0.322 e. The van der Waals surface area contributed by atoms with Crippen LogP contribution in [0.15, 0.2) is 23.1 Å². The van der Waals surface area contributed by atoms with Crippen molar-refractivity contribution in [1.82, 2.24) is 4.31 Å². The summed E-state index contributed by atoms with van der Waals surface area (Å²) < 4.78 is 26.4. The molecule has 5 nitrogen and oxygen atoms in total. The molecule has 108 valence electrons. The van der Waals surface area contributed by atoms with Crippen LogP contribution in [0.5, 0.6) is 0 Å². The van der Waals surface area contributed by atoms with Gasteiger partial charge in [0.15, 0.2) is 0 Å². The van der Waals surface area contributed by atoms with Gasteiger partial charge in [0.2, 0.25) is 10.0 Å². The van der Waals surface area contributed by atoms with E-state index in [1.54, 1.807) is 12.1 Å². The number of nitrogens with zero attached hydrogens (tertiary/aromatic N) is 1. The molecule has 1 aromatic rings. The topological polar surface area (TPSA) is 74.7 Å². The van der Waals surface area contributed by atoms with E-state index in [0.29, 0.717) is 12.8 Å². The monoisotopic (exact) mass is 295 g/mol. The summed E-state index contributed by atoms with van der Waals surface area (Å²) >= 11 is 0. The van der Waals surface area contributed by atoms with Gasteiger partial charge in [-0.3, -0.25) is 4.79 Å². The summed E-state index contributed by atoms with van der Waals surface area (Å²) in [5, 5.41) is 9.14. The molecule has 1 aliphatic carbocycles. The van der Waals surface area contributed by atoms with Crippen LogP contribution >= 0.6 is 0 Å². The number of carboxylic acid groups (broad SMARTS) is 1. The normalized spacial score (nSPS) is 22.9. The molecule has 0 saturated carbocycles. The van der Waals surface area contributed by atoms with Gasteiger partial charge in [-0.05, 0) is 55.4 Å². The molecule has 0 bridgehead atoms. The predicted octanol–water partition coefficient (Wildman–Crippen LogP) is 1.41. The lowest BCUT2D eigenvalue weighted by atomic mass is 10.1. The first-order valence-electron chi connectivity index (χ1n) is 6.86. The smallest absolute Gasteiger partial charge is 0.322 e. The Kier molecular flexibility index (Phi) is 3.30. The van der Waals surface area contributed by atoms with Gasteiger partial charge in [-0.25, -0.2) is 8.42 Å². The van der Waals surface area contributed by atoms with E-state index in [4.69, 9.17) is 5.11 Å². The second kappa shape index (κ2) is 4.86. The number of sulfonamides is 1. The zero-order valence-corrected chi connectivity index (χ0v) is 11.9. The van der Waals surface area contributed by atoms with Gasteiger partial charge < -0.3 is 5.11 Å². The molecule has 0 unspecified atom stereocenters. The highest BCUT2D eigenvalue weighted by molar-refractivity contribution is 7.89. The van der Waals surface area contributed by atoms with Crippen LogP contribution in [0.25, 0.3) is 0 Å². The molecule has 6 heteroatoms. The van der Waals surface area contributed by atoms with Gasteiger partial charge in [-0.15, -0.1) is 0 Å². The summed E-state index contributed by atoms with van der Waals surface area (Å²) in [6.45, 7) is 0.288. The first-order valence-corrected chi connectivity index (χ1v) is 8.30. The lowest BCUT2D eigenvalue weighted by Crippen LogP contribution is -2.40. The van der Waals surface area contributed by atoms with Crippen LogP contribution in [-0.2, 0) is 27.7 Å². The minimum absolute atomic E-state index is 0.228. The Morgan fingerprint density at radius 1 is 1.20 bits per heavy atom. The van der Waals surface area contributed by atoms with Crippen molar-refractivity contribution < 1.29 is 18.3 Å². The fourth-order valence-corrected chi connectivity index (χ4v) is 4.82. The van der Waals surface area contributed by atoms with E-state index in [1.807, 2.05) is 6.07 Å². The summed E-state index contributed by atoms with van der Waals surface area (Å²) in [6.07, 6.45) is 3.94. The fraction of sp³-hybridized carbons (Fsp3) is 0.500. The van der Waals surface area contributed by atoms with Crippen LogP contribution in [0, 0.1) is 0 Å². The average Bonchev–Trinajstić information content (AvgIpc) is 3.06. The summed E-state index contributed by atoms with van der Waals surface area (Å²) in [4.78, 5) is 11.4. The number of fused-ring (bicyclic) bond motifs is 1. The van der Waals surface area contributed by atoms with Gasteiger partial charge in [0.25, 0.3) is 0 Å². The molecule has 1 atom stereocenters. The van der Waals surface area contributed by atoms with Crippen LogP contribution in [0.1, 0.15) is 30.4 Å². The summed E-state index contributed by atoms with van der Waals surface area (Å²) in [5.41, 5.74) is 2.29. The zero-order valence-electron chi connectivity index (χ0n) is 11.1. The van der Waals surface area contributed by atoms with Gasteiger partial charge in [0, 0.05) is 6.54 Å². The Labute approximate surface area is 118 Å². The molecule has 1 heterocycles. The van der Waals surface area contributed by atoms with E-state index in [1.165, 1.54) is 5.56 Å². The minimum atomic E-state index is -3.70. The highest BCUT2D eigenvalue weighted by Crippen LogP contribution is 2.29. The van der Waals surface area contributed by atoms with Crippen molar-refractivity contribution in [3.05, 3.63) is 29.3 Å². The predicted molar refractivity (Wildman–Crippen MR) is 73.0 cm³/mol. The van der Waals surface area contributed by atoms with Crippen LogP contribution in [0.4, 0.5) is 0 Å². The van der Waals surface area contributed by atoms with Crippen molar-refractivity contribution in [3.63, 3.8) is 0 Å². The Morgan fingerprint density at radius 2 is 1.95 bits per heavy atom. The molecular weight excluding hydrogens is 278 g/mol. The molecular formula is C14H17NO4S. The van der Waals surface area contributed by atoms with Gasteiger partial charge >= 0.3 is 5.97 Å². The Balaban J connectivity index is 1.97. The number of benzene rings is 1. The highest BCUT2D eigenvalue weighted by Gasteiger charge is 2.39. The average molecular weight is 295 g/mol. The molecule has 20 heavy (non-hydrogen) atoms. The maximum atomic E-state index is 12.6. The Morgan fingerprint density at radius 3 is 2.70 bits per heavy atom. The van der Waals surface area contributed by atoms with E-state index in [2.05, 4.69) is 0 Å². The van der Waals surface area contributed by atoms with Crippen LogP contribution < -0.4 is 0 Å². The number of aryl methyl sites for hydroxylation is 2. The number of aliphatic carboxylic acids is 1. The molecule has 1 aromatic carbocycles. The van der Waals surface area contributed by atoms with E-state index < -0.39 is 22.0 Å². The Hall–Kier alpha value is -1.40. The van der Waals surface area contributed by atoms with E-state index in [-0.39, 0.29) is 11.4 Å². The lowest BCUT2D eigenvalue weighted by molar-refractivity contribution is -0.140. The van der Waals surface area contributed by atoms with Gasteiger partial charge in [0.05, 0.1) is 4.90 Å². The number of hydrogen-bond donors (Lipinski definition) is 1.